The van der Waals surface area contributed by atoms with Crippen LogP contribution in [0.2, 0.25) is 5.15 Å². The number of aromatic nitrogens is 2. The smallest absolute Gasteiger partial charge is 0.152 e. The third kappa shape index (κ3) is 4.46. The van der Waals surface area contributed by atoms with Crippen molar-refractivity contribution < 1.29 is 8.42 Å². The second-order valence-electron chi connectivity index (χ2n) is 7.34. The first kappa shape index (κ1) is 17.8. The minimum absolute atomic E-state index is 0.125. The maximum atomic E-state index is 11.6. The Morgan fingerprint density at radius 2 is 2.09 bits per heavy atom. The Hall–Kier alpha value is -0.590. The highest BCUT2D eigenvalue weighted by molar-refractivity contribution is 7.91. The van der Waals surface area contributed by atoms with Crippen LogP contribution in [0.5, 0.6) is 0 Å². The summed E-state index contributed by atoms with van der Waals surface area (Å²) in [6, 6.07) is -0.125. The molecule has 1 saturated heterocycles. The molecule has 0 aliphatic carbocycles. The van der Waals surface area contributed by atoms with Crippen LogP contribution in [0.1, 0.15) is 50.9 Å². The summed E-state index contributed by atoms with van der Waals surface area (Å²) in [6.45, 7) is 10.2. The number of sulfone groups is 1. The largest absolute Gasteiger partial charge is 0.312 e. The molecule has 2 heterocycles. The molecule has 0 radical (unpaired) electrons. The molecule has 1 atom stereocenters. The third-order valence-electron chi connectivity index (χ3n) is 4.05. The standard InChI is InChI=1S/C15H26ClN3O2S/c1-11-13(9-17-7-6-15(2,3)4)14(16)19(18-11)12-5-8-22(20,21)10-12/h12,17H,5-10H2,1-4H3. The van der Waals surface area contributed by atoms with Crippen LogP contribution in [0.15, 0.2) is 0 Å². The molecule has 0 saturated carbocycles. The predicted molar refractivity (Wildman–Crippen MR) is 90.1 cm³/mol. The van der Waals surface area contributed by atoms with Crippen LogP contribution in [0.25, 0.3) is 0 Å². The van der Waals surface area contributed by atoms with E-state index in [4.69, 9.17) is 11.6 Å². The number of rotatable bonds is 5. The van der Waals surface area contributed by atoms with Gasteiger partial charge in [0, 0.05) is 12.1 Å². The Bertz CT molecular complexity index is 632. The molecular weight excluding hydrogens is 322 g/mol. The van der Waals surface area contributed by atoms with Gasteiger partial charge in [0.1, 0.15) is 5.15 Å². The number of nitrogens with one attached hydrogen (secondary N) is 1. The Labute approximate surface area is 138 Å². The summed E-state index contributed by atoms with van der Waals surface area (Å²) < 4.78 is 24.9. The summed E-state index contributed by atoms with van der Waals surface area (Å²) >= 11 is 6.44. The van der Waals surface area contributed by atoms with Gasteiger partial charge in [-0.2, -0.15) is 5.10 Å². The van der Waals surface area contributed by atoms with Crippen molar-refractivity contribution in [2.24, 2.45) is 5.41 Å². The third-order valence-corrected chi connectivity index (χ3v) is 6.20. The van der Waals surface area contributed by atoms with E-state index in [0.717, 1.165) is 24.2 Å². The molecule has 0 amide bonds. The lowest BCUT2D eigenvalue weighted by Gasteiger charge is -2.18. The minimum Gasteiger partial charge on any atom is -0.312 e. The Balaban J connectivity index is 2.02. The van der Waals surface area contributed by atoms with E-state index < -0.39 is 9.84 Å². The van der Waals surface area contributed by atoms with E-state index in [0.29, 0.717) is 23.5 Å². The van der Waals surface area contributed by atoms with Gasteiger partial charge in [0.15, 0.2) is 9.84 Å². The topological polar surface area (TPSA) is 64.0 Å². The van der Waals surface area contributed by atoms with Gasteiger partial charge in [-0.1, -0.05) is 32.4 Å². The van der Waals surface area contributed by atoms with Crippen molar-refractivity contribution in [2.75, 3.05) is 18.1 Å². The van der Waals surface area contributed by atoms with Crippen LogP contribution in [0.3, 0.4) is 0 Å². The summed E-state index contributed by atoms with van der Waals surface area (Å²) in [5, 5.41) is 8.44. The molecule has 126 valence electrons. The van der Waals surface area contributed by atoms with Gasteiger partial charge >= 0.3 is 0 Å². The van der Waals surface area contributed by atoms with Crippen LogP contribution in [0.4, 0.5) is 0 Å². The Kier molecular flexibility index (Phi) is 5.24. The molecule has 7 heteroatoms. The fraction of sp³-hybridized carbons (Fsp3) is 0.800. The maximum absolute atomic E-state index is 11.6. The zero-order valence-electron chi connectivity index (χ0n) is 13.8. The van der Waals surface area contributed by atoms with Gasteiger partial charge in [0.25, 0.3) is 0 Å². The number of halogens is 1. The van der Waals surface area contributed by atoms with Crippen molar-refractivity contribution in [3.05, 3.63) is 16.4 Å². The average Bonchev–Trinajstić information content (AvgIpc) is 2.86. The molecule has 1 aromatic rings. The number of aryl methyl sites for hydroxylation is 1. The van der Waals surface area contributed by atoms with Crippen LogP contribution in [-0.2, 0) is 16.4 Å². The monoisotopic (exact) mass is 347 g/mol. The van der Waals surface area contributed by atoms with Gasteiger partial charge in [-0.05, 0) is 31.7 Å². The molecule has 5 nitrogen and oxygen atoms in total. The Morgan fingerprint density at radius 3 is 2.64 bits per heavy atom. The number of hydrogen-bond acceptors (Lipinski definition) is 4. The lowest BCUT2D eigenvalue weighted by molar-refractivity contribution is 0.366. The van der Waals surface area contributed by atoms with Crippen molar-refractivity contribution in [1.82, 2.24) is 15.1 Å². The van der Waals surface area contributed by atoms with Crippen molar-refractivity contribution in [1.29, 1.82) is 0 Å². The molecule has 1 aliphatic heterocycles. The van der Waals surface area contributed by atoms with Crippen molar-refractivity contribution in [2.45, 2.75) is 53.1 Å². The van der Waals surface area contributed by atoms with Crippen molar-refractivity contribution in [3.8, 4) is 0 Å². The van der Waals surface area contributed by atoms with Gasteiger partial charge in [0.2, 0.25) is 0 Å². The van der Waals surface area contributed by atoms with E-state index in [1.165, 1.54) is 0 Å². The number of nitrogens with zero attached hydrogens (tertiary/aromatic N) is 2. The van der Waals surface area contributed by atoms with Gasteiger partial charge in [-0.3, -0.25) is 0 Å². The zero-order valence-corrected chi connectivity index (χ0v) is 15.4. The highest BCUT2D eigenvalue weighted by Gasteiger charge is 2.31. The molecule has 22 heavy (non-hydrogen) atoms. The van der Waals surface area contributed by atoms with Gasteiger partial charge in [-0.25, -0.2) is 13.1 Å². The van der Waals surface area contributed by atoms with Gasteiger partial charge in [-0.15, -0.1) is 0 Å². The second-order valence-corrected chi connectivity index (χ2v) is 9.93. The van der Waals surface area contributed by atoms with Crippen LogP contribution >= 0.6 is 11.6 Å². The van der Waals surface area contributed by atoms with Crippen LogP contribution < -0.4 is 5.32 Å². The maximum Gasteiger partial charge on any atom is 0.152 e. The molecule has 0 spiro atoms. The van der Waals surface area contributed by atoms with E-state index in [2.05, 4.69) is 31.2 Å². The second kappa shape index (κ2) is 6.49. The molecule has 1 aliphatic rings. The molecule has 0 aromatic carbocycles. The molecule has 1 unspecified atom stereocenters. The normalized spacial score (nSPS) is 21.4. The summed E-state index contributed by atoms with van der Waals surface area (Å²) in [6.07, 6.45) is 1.68. The molecular formula is C15H26ClN3O2S. The minimum atomic E-state index is -2.94. The Morgan fingerprint density at radius 1 is 1.41 bits per heavy atom. The molecule has 1 aromatic heterocycles. The first-order chi connectivity index (χ1) is 10.1. The zero-order chi connectivity index (χ0) is 16.5. The van der Waals surface area contributed by atoms with E-state index in [9.17, 15) is 8.42 Å². The summed E-state index contributed by atoms with van der Waals surface area (Å²) in [7, 11) is -2.94. The lowest BCUT2D eigenvalue weighted by atomic mass is 9.92. The van der Waals surface area contributed by atoms with Crippen molar-refractivity contribution >= 4 is 21.4 Å². The highest BCUT2D eigenvalue weighted by Crippen LogP contribution is 2.29. The van der Waals surface area contributed by atoms with E-state index in [1.807, 2.05) is 6.92 Å². The van der Waals surface area contributed by atoms with Gasteiger partial charge < -0.3 is 5.32 Å². The lowest BCUT2D eigenvalue weighted by Crippen LogP contribution is -2.20. The van der Waals surface area contributed by atoms with E-state index in [-0.39, 0.29) is 17.5 Å². The van der Waals surface area contributed by atoms with Crippen LogP contribution in [0, 0.1) is 12.3 Å². The average molecular weight is 348 g/mol. The first-order valence-electron chi connectivity index (χ1n) is 7.74. The summed E-state index contributed by atoms with van der Waals surface area (Å²) in [5.41, 5.74) is 2.14. The summed E-state index contributed by atoms with van der Waals surface area (Å²) in [5.74, 6) is 0.372. The molecule has 2 rings (SSSR count). The van der Waals surface area contributed by atoms with Crippen molar-refractivity contribution in [3.63, 3.8) is 0 Å². The van der Waals surface area contributed by atoms with E-state index >= 15 is 0 Å². The molecule has 1 N–H and O–H groups in total. The van der Waals surface area contributed by atoms with E-state index in [1.54, 1.807) is 4.68 Å². The quantitative estimate of drug-likeness (QED) is 0.832. The first-order valence-corrected chi connectivity index (χ1v) is 9.94. The number of hydrogen-bond donors (Lipinski definition) is 1. The molecule has 1 fully saturated rings. The predicted octanol–water partition coefficient (Wildman–Crippen LogP) is 2.73. The summed E-state index contributed by atoms with van der Waals surface area (Å²) in [4.78, 5) is 0. The molecule has 0 bridgehead atoms. The van der Waals surface area contributed by atoms with Gasteiger partial charge in [0.05, 0.1) is 23.2 Å². The highest BCUT2D eigenvalue weighted by atomic mass is 35.5. The fourth-order valence-electron chi connectivity index (χ4n) is 2.64. The van der Waals surface area contributed by atoms with Crippen LogP contribution in [-0.4, -0.2) is 36.2 Å². The SMILES string of the molecule is Cc1nn(C2CCS(=O)(=O)C2)c(Cl)c1CNCCC(C)(C)C. The fourth-order valence-corrected chi connectivity index (χ4v) is 4.71.